The van der Waals surface area contributed by atoms with Gasteiger partial charge in [-0.3, -0.25) is 0 Å². The second kappa shape index (κ2) is 5.61. The lowest BCUT2D eigenvalue weighted by Crippen LogP contribution is -2.15. The van der Waals surface area contributed by atoms with Gasteiger partial charge < -0.3 is 4.74 Å². The number of benzene rings is 1. The Morgan fingerprint density at radius 1 is 1.25 bits per heavy atom. The third-order valence-corrected chi connectivity index (χ3v) is 4.18. The van der Waals surface area contributed by atoms with E-state index in [-0.39, 0.29) is 0 Å². The van der Waals surface area contributed by atoms with Crippen molar-refractivity contribution >= 4 is 0 Å². The van der Waals surface area contributed by atoms with Gasteiger partial charge >= 0.3 is 0 Å². The first kappa shape index (κ1) is 13.1. The number of methoxy groups -OCH3 is 1. The molecule has 1 aliphatic rings. The lowest BCUT2D eigenvalue weighted by molar-refractivity contribution is 0.415. The van der Waals surface area contributed by atoms with Crippen LogP contribution in [0.2, 0.25) is 0 Å². The molecular weight excluding hydrogens is 248 g/mol. The van der Waals surface area contributed by atoms with E-state index in [0.29, 0.717) is 0 Å². The molecule has 0 amide bonds. The monoisotopic (exact) mass is 268 g/mol. The normalized spacial score (nSPS) is 17.6. The first-order valence-corrected chi connectivity index (χ1v) is 7.29. The Balaban J connectivity index is 1.88. The van der Waals surface area contributed by atoms with Gasteiger partial charge in [0.1, 0.15) is 5.75 Å². The van der Waals surface area contributed by atoms with Crippen LogP contribution < -0.4 is 4.74 Å². The SMILES string of the molecule is CCC1CCc2nc(-c3ccc(OC)cc3)ncc2C1. The molecule has 104 valence electrons. The first-order valence-electron chi connectivity index (χ1n) is 7.29. The molecule has 0 N–H and O–H groups in total. The lowest BCUT2D eigenvalue weighted by Gasteiger charge is -2.22. The second-order valence-corrected chi connectivity index (χ2v) is 5.41. The summed E-state index contributed by atoms with van der Waals surface area (Å²) in [5, 5.41) is 0. The van der Waals surface area contributed by atoms with Gasteiger partial charge in [0.15, 0.2) is 5.82 Å². The molecule has 0 aliphatic heterocycles. The van der Waals surface area contributed by atoms with E-state index in [1.807, 2.05) is 30.5 Å². The minimum absolute atomic E-state index is 0.804. The van der Waals surface area contributed by atoms with E-state index >= 15 is 0 Å². The molecule has 1 unspecified atom stereocenters. The van der Waals surface area contributed by atoms with Crippen LogP contribution in [0.4, 0.5) is 0 Å². The molecule has 3 rings (SSSR count). The third-order valence-electron chi connectivity index (χ3n) is 4.18. The predicted octanol–water partition coefficient (Wildman–Crippen LogP) is 3.67. The number of aromatic nitrogens is 2. The maximum atomic E-state index is 5.18. The Hall–Kier alpha value is -1.90. The van der Waals surface area contributed by atoms with Gasteiger partial charge in [0.2, 0.25) is 0 Å². The summed E-state index contributed by atoms with van der Waals surface area (Å²) in [5.41, 5.74) is 3.61. The quantitative estimate of drug-likeness (QED) is 0.852. The fraction of sp³-hybridized carbons (Fsp3) is 0.412. The molecule has 3 nitrogen and oxygen atoms in total. The van der Waals surface area contributed by atoms with E-state index in [1.54, 1.807) is 7.11 Å². The number of nitrogens with zero attached hydrogens (tertiary/aromatic N) is 2. The van der Waals surface area contributed by atoms with E-state index < -0.39 is 0 Å². The van der Waals surface area contributed by atoms with Crippen molar-refractivity contribution in [2.24, 2.45) is 5.92 Å². The Morgan fingerprint density at radius 2 is 2.05 bits per heavy atom. The van der Waals surface area contributed by atoms with E-state index in [0.717, 1.165) is 35.9 Å². The van der Waals surface area contributed by atoms with Crippen LogP contribution in [0.1, 0.15) is 31.0 Å². The third kappa shape index (κ3) is 2.53. The number of rotatable bonds is 3. The summed E-state index contributed by atoms with van der Waals surface area (Å²) in [6.45, 7) is 2.27. The lowest BCUT2D eigenvalue weighted by atomic mass is 9.86. The highest BCUT2D eigenvalue weighted by Crippen LogP contribution is 2.27. The molecule has 20 heavy (non-hydrogen) atoms. The summed E-state index contributed by atoms with van der Waals surface area (Å²) < 4.78 is 5.18. The van der Waals surface area contributed by atoms with Crippen molar-refractivity contribution in [3.63, 3.8) is 0 Å². The molecule has 1 heterocycles. The summed E-state index contributed by atoms with van der Waals surface area (Å²) in [5.74, 6) is 2.48. The summed E-state index contributed by atoms with van der Waals surface area (Å²) in [7, 11) is 1.68. The van der Waals surface area contributed by atoms with Crippen molar-refractivity contribution < 1.29 is 4.74 Å². The molecule has 0 saturated carbocycles. The van der Waals surface area contributed by atoms with Gasteiger partial charge in [-0.25, -0.2) is 9.97 Å². The smallest absolute Gasteiger partial charge is 0.159 e. The summed E-state index contributed by atoms with van der Waals surface area (Å²) >= 11 is 0. The maximum absolute atomic E-state index is 5.18. The predicted molar refractivity (Wildman–Crippen MR) is 79.8 cm³/mol. The molecule has 0 bridgehead atoms. The molecule has 0 saturated heterocycles. The number of ether oxygens (including phenoxy) is 1. The Morgan fingerprint density at radius 3 is 2.75 bits per heavy atom. The molecule has 0 spiro atoms. The van der Waals surface area contributed by atoms with Crippen molar-refractivity contribution in [3.8, 4) is 17.1 Å². The number of aryl methyl sites for hydroxylation is 1. The molecule has 1 atom stereocenters. The Bertz CT molecular complexity index is 592. The fourth-order valence-electron chi connectivity index (χ4n) is 2.81. The van der Waals surface area contributed by atoms with Crippen LogP contribution in [0.15, 0.2) is 30.5 Å². The van der Waals surface area contributed by atoms with Crippen molar-refractivity contribution in [1.29, 1.82) is 0 Å². The minimum atomic E-state index is 0.804. The zero-order valence-corrected chi connectivity index (χ0v) is 12.1. The van der Waals surface area contributed by atoms with Crippen molar-refractivity contribution in [2.45, 2.75) is 32.6 Å². The minimum Gasteiger partial charge on any atom is -0.497 e. The molecule has 3 heteroatoms. The highest BCUT2D eigenvalue weighted by atomic mass is 16.5. The van der Waals surface area contributed by atoms with E-state index in [4.69, 9.17) is 9.72 Å². The summed E-state index contributed by atoms with van der Waals surface area (Å²) in [6, 6.07) is 7.92. The van der Waals surface area contributed by atoms with Crippen molar-refractivity contribution in [3.05, 3.63) is 41.7 Å². The van der Waals surface area contributed by atoms with Gasteiger partial charge in [-0.2, -0.15) is 0 Å². The molecule has 0 fully saturated rings. The zero-order chi connectivity index (χ0) is 13.9. The van der Waals surface area contributed by atoms with Crippen LogP contribution in [0.25, 0.3) is 11.4 Å². The van der Waals surface area contributed by atoms with Crippen LogP contribution in [-0.4, -0.2) is 17.1 Å². The molecule has 0 radical (unpaired) electrons. The van der Waals surface area contributed by atoms with Crippen LogP contribution >= 0.6 is 0 Å². The zero-order valence-electron chi connectivity index (χ0n) is 12.1. The molecule has 2 aromatic rings. The topological polar surface area (TPSA) is 35.0 Å². The van der Waals surface area contributed by atoms with Crippen LogP contribution in [-0.2, 0) is 12.8 Å². The van der Waals surface area contributed by atoms with Crippen LogP contribution in [0.3, 0.4) is 0 Å². The molecule has 1 aromatic heterocycles. The van der Waals surface area contributed by atoms with Gasteiger partial charge in [-0.05, 0) is 55.0 Å². The average molecular weight is 268 g/mol. The molecule has 1 aromatic carbocycles. The average Bonchev–Trinajstić information content (AvgIpc) is 2.54. The number of fused-ring (bicyclic) bond motifs is 1. The van der Waals surface area contributed by atoms with Gasteiger partial charge in [-0.1, -0.05) is 13.3 Å². The van der Waals surface area contributed by atoms with Crippen LogP contribution in [0, 0.1) is 5.92 Å². The second-order valence-electron chi connectivity index (χ2n) is 5.41. The highest BCUT2D eigenvalue weighted by Gasteiger charge is 2.19. The van der Waals surface area contributed by atoms with Crippen molar-refractivity contribution in [2.75, 3.05) is 7.11 Å². The van der Waals surface area contributed by atoms with Crippen molar-refractivity contribution in [1.82, 2.24) is 9.97 Å². The Kier molecular flexibility index (Phi) is 3.68. The Labute approximate surface area is 120 Å². The van der Waals surface area contributed by atoms with E-state index in [2.05, 4.69) is 11.9 Å². The fourth-order valence-corrected chi connectivity index (χ4v) is 2.81. The molecular formula is C17H20N2O. The summed E-state index contributed by atoms with van der Waals surface area (Å²) in [4.78, 5) is 9.29. The maximum Gasteiger partial charge on any atom is 0.159 e. The number of hydrogen-bond donors (Lipinski definition) is 0. The van der Waals surface area contributed by atoms with Crippen LogP contribution in [0.5, 0.6) is 5.75 Å². The van der Waals surface area contributed by atoms with Gasteiger partial charge in [0.25, 0.3) is 0 Å². The molecule has 1 aliphatic carbocycles. The standard InChI is InChI=1S/C17H20N2O/c1-3-12-4-9-16-14(10-12)11-18-17(19-16)13-5-7-15(20-2)8-6-13/h5-8,11-12H,3-4,9-10H2,1-2H3. The van der Waals surface area contributed by atoms with E-state index in [1.165, 1.54) is 24.1 Å². The van der Waals surface area contributed by atoms with E-state index in [9.17, 15) is 0 Å². The number of hydrogen-bond acceptors (Lipinski definition) is 3. The highest BCUT2D eigenvalue weighted by molar-refractivity contribution is 5.56. The summed E-state index contributed by atoms with van der Waals surface area (Å²) in [6.07, 6.45) is 6.74. The first-order chi connectivity index (χ1) is 9.80. The largest absolute Gasteiger partial charge is 0.497 e. The van der Waals surface area contributed by atoms with Gasteiger partial charge in [0.05, 0.1) is 7.11 Å². The van der Waals surface area contributed by atoms with Gasteiger partial charge in [-0.15, -0.1) is 0 Å². The van der Waals surface area contributed by atoms with Gasteiger partial charge in [0, 0.05) is 17.5 Å².